The lowest BCUT2D eigenvalue weighted by atomic mass is 10.0. The standard InChI is InChI=1S/C22H21N3O3/c1-16(26)20(14-17-8-4-2-5-9-17)23-21(27)15-25-22(28)13-12-19(24-25)18-10-6-3-7-11-18/h2-13,20H,14-15H2,1H3,(H,23,27)/t20-/m0/s1. The summed E-state index contributed by atoms with van der Waals surface area (Å²) in [6.07, 6.45) is 0.397. The average Bonchev–Trinajstić information content (AvgIpc) is 2.70. The lowest BCUT2D eigenvalue weighted by molar-refractivity contribution is -0.127. The van der Waals surface area contributed by atoms with Gasteiger partial charge in [0.25, 0.3) is 5.56 Å². The monoisotopic (exact) mass is 375 g/mol. The quantitative estimate of drug-likeness (QED) is 0.687. The van der Waals surface area contributed by atoms with Gasteiger partial charge in [-0.15, -0.1) is 0 Å². The number of amides is 1. The normalized spacial score (nSPS) is 11.6. The van der Waals surface area contributed by atoms with E-state index >= 15 is 0 Å². The highest BCUT2D eigenvalue weighted by atomic mass is 16.2. The van der Waals surface area contributed by atoms with Crippen LogP contribution < -0.4 is 10.9 Å². The molecule has 3 rings (SSSR count). The van der Waals surface area contributed by atoms with Gasteiger partial charge < -0.3 is 5.32 Å². The van der Waals surface area contributed by atoms with Gasteiger partial charge in [0.05, 0.1) is 11.7 Å². The lowest BCUT2D eigenvalue weighted by Crippen LogP contribution is -2.44. The van der Waals surface area contributed by atoms with Crippen molar-refractivity contribution >= 4 is 11.7 Å². The van der Waals surface area contributed by atoms with E-state index in [9.17, 15) is 14.4 Å². The summed E-state index contributed by atoms with van der Waals surface area (Å²) in [5, 5.41) is 6.99. The fraction of sp³-hybridized carbons (Fsp3) is 0.182. The highest BCUT2D eigenvalue weighted by Gasteiger charge is 2.18. The molecule has 142 valence electrons. The SMILES string of the molecule is CC(=O)[C@H](Cc1ccccc1)NC(=O)Cn1nc(-c2ccccc2)ccc1=O. The van der Waals surface area contributed by atoms with Crippen LogP contribution in [0.3, 0.4) is 0 Å². The Morgan fingerprint density at radius 1 is 0.964 bits per heavy atom. The second kappa shape index (κ2) is 8.90. The van der Waals surface area contributed by atoms with Crippen molar-refractivity contribution in [3.05, 3.63) is 88.7 Å². The maximum atomic E-state index is 12.5. The number of rotatable bonds is 7. The van der Waals surface area contributed by atoms with Gasteiger partial charge in [-0.1, -0.05) is 60.7 Å². The Hall–Kier alpha value is -3.54. The van der Waals surface area contributed by atoms with Crippen LogP contribution in [0.2, 0.25) is 0 Å². The highest BCUT2D eigenvalue weighted by molar-refractivity contribution is 5.87. The molecule has 0 saturated heterocycles. The fourth-order valence-electron chi connectivity index (χ4n) is 2.85. The number of carbonyl (C=O) groups excluding carboxylic acids is 2. The van der Waals surface area contributed by atoms with Gasteiger partial charge in [-0.2, -0.15) is 5.10 Å². The van der Waals surface area contributed by atoms with Crippen LogP contribution in [0.4, 0.5) is 0 Å². The van der Waals surface area contributed by atoms with E-state index in [4.69, 9.17) is 0 Å². The topological polar surface area (TPSA) is 81.1 Å². The lowest BCUT2D eigenvalue weighted by Gasteiger charge is -2.16. The highest BCUT2D eigenvalue weighted by Crippen LogP contribution is 2.13. The van der Waals surface area contributed by atoms with Crippen LogP contribution >= 0.6 is 0 Å². The van der Waals surface area contributed by atoms with Crippen LogP contribution in [0, 0.1) is 0 Å². The second-order valence-electron chi connectivity index (χ2n) is 6.50. The van der Waals surface area contributed by atoms with Crippen molar-refractivity contribution in [3.63, 3.8) is 0 Å². The Morgan fingerprint density at radius 3 is 2.25 bits per heavy atom. The van der Waals surface area contributed by atoms with E-state index in [2.05, 4.69) is 10.4 Å². The third-order valence-electron chi connectivity index (χ3n) is 4.34. The van der Waals surface area contributed by atoms with Crippen molar-refractivity contribution < 1.29 is 9.59 Å². The number of nitrogens with one attached hydrogen (secondary N) is 1. The van der Waals surface area contributed by atoms with Gasteiger partial charge in [-0.05, 0) is 25.0 Å². The Labute approximate surface area is 162 Å². The first-order chi connectivity index (χ1) is 13.5. The van der Waals surface area contributed by atoms with Gasteiger partial charge >= 0.3 is 0 Å². The Kier molecular flexibility index (Phi) is 6.11. The second-order valence-corrected chi connectivity index (χ2v) is 6.50. The molecule has 2 aromatic carbocycles. The number of carbonyl (C=O) groups is 2. The molecule has 1 heterocycles. The molecule has 0 radical (unpaired) electrons. The number of benzene rings is 2. The van der Waals surface area contributed by atoms with E-state index in [0.717, 1.165) is 15.8 Å². The molecular formula is C22H21N3O3. The molecule has 6 heteroatoms. The van der Waals surface area contributed by atoms with Crippen LogP contribution in [0.5, 0.6) is 0 Å². The van der Waals surface area contributed by atoms with Gasteiger partial charge in [0.2, 0.25) is 5.91 Å². The molecule has 3 aromatic rings. The van der Waals surface area contributed by atoms with Crippen molar-refractivity contribution in [2.75, 3.05) is 0 Å². The molecule has 0 aliphatic carbocycles. The molecule has 0 spiro atoms. The number of nitrogens with zero attached hydrogens (tertiary/aromatic N) is 2. The van der Waals surface area contributed by atoms with Crippen LogP contribution in [-0.2, 0) is 22.6 Å². The molecule has 1 aromatic heterocycles. The summed E-state index contributed by atoms with van der Waals surface area (Å²) in [5.41, 5.74) is 2.02. The molecule has 0 aliphatic rings. The van der Waals surface area contributed by atoms with Gasteiger partial charge in [0.15, 0.2) is 5.78 Å². The first-order valence-electron chi connectivity index (χ1n) is 9.00. The Bertz CT molecular complexity index is 1010. The van der Waals surface area contributed by atoms with Crippen LogP contribution in [0.15, 0.2) is 77.6 Å². The minimum atomic E-state index is -0.650. The first-order valence-corrected chi connectivity index (χ1v) is 9.00. The molecular weight excluding hydrogens is 354 g/mol. The van der Waals surface area contributed by atoms with Crippen molar-refractivity contribution in [2.45, 2.75) is 25.9 Å². The van der Waals surface area contributed by atoms with E-state index in [0.29, 0.717) is 12.1 Å². The smallest absolute Gasteiger partial charge is 0.267 e. The van der Waals surface area contributed by atoms with E-state index < -0.39 is 11.9 Å². The third kappa shape index (κ3) is 5.01. The molecule has 0 unspecified atom stereocenters. The molecule has 28 heavy (non-hydrogen) atoms. The molecule has 1 amide bonds. The summed E-state index contributed by atoms with van der Waals surface area (Å²) < 4.78 is 1.11. The summed E-state index contributed by atoms with van der Waals surface area (Å²) in [6, 6.07) is 21.2. The van der Waals surface area contributed by atoms with Gasteiger partial charge in [-0.3, -0.25) is 14.4 Å². The first kappa shape index (κ1) is 19.2. The number of Topliss-reactive ketones (excluding diaryl/α,β-unsaturated/α-hetero) is 1. The van der Waals surface area contributed by atoms with E-state index in [1.54, 1.807) is 6.07 Å². The van der Waals surface area contributed by atoms with Crippen molar-refractivity contribution in [1.82, 2.24) is 15.1 Å². The third-order valence-corrected chi connectivity index (χ3v) is 4.34. The minimum absolute atomic E-state index is 0.143. The maximum Gasteiger partial charge on any atom is 0.267 e. The van der Waals surface area contributed by atoms with Crippen LogP contribution in [-0.4, -0.2) is 27.5 Å². The molecule has 0 aliphatic heterocycles. The molecule has 1 N–H and O–H groups in total. The zero-order chi connectivity index (χ0) is 19.9. The number of hydrogen-bond donors (Lipinski definition) is 1. The van der Waals surface area contributed by atoms with Gasteiger partial charge in [0.1, 0.15) is 6.54 Å². The molecule has 1 atom stereocenters. The Morgan fingerprint density at radius 2 is 1.61 bits per heavy atom. The largest absolute Gasteiger partial charge is 0.344 e. The maximum absolute atomic E-state index is 12.5. The predicted molar refractivity (Wildman–Crippen MR) is 107 cm³/mol. The summed E-state index contributed by atoms with van der Waals surface area (Å²) in [5.74, 6) is -0.577. The Balaban J connectivity index is 1.73. The van der Waals surface area contributed by atoms with E-state index in [1.807, 2.05) is 60.7 Å². The van der Waals surface area contributed by atoms with Gasteiger partial charge in [0, 0.05) is 11.6 Å². The zero-order valence-electron chi connectivity index (χ0n) is 15.5. The molecule has 0 bridgehead atoms. The zero-order valence-corrected chi connectivity index (χ0v) is 15.5. The van der Waals surface area contributed by atoms with Crippen LogP contribution in [0.1, 0.15) is 12.5 Å². The summed E-state index contributed by atoms with van der Waals surface area (Å²) in [7, 11) is 0. The van der Waals surface area contributed by atoms with E-state index in [1.165, 1.54) is 13.0 Å². The average molecular weight is 375 g/mol. The van der Waals surface area contributed by atoms with Crippen molar-refractivity contribution in [1.29, 1.82) is 0 Å². The van der Waals surface area contributed by atoms with Gasteiger partial charge in [-0.25, -0.2) is 4.68 Å². The number of ketones is 1. The van der Waals surface area contributed by atoms with Crippen molar-refractivity contribution in [2.24, 2.45) is 0 Å². The van der Waals surface area contributed by atoms with E-state index in [-0.39, 0.29) is 17.9 Å². The van der Waals surface area contributed by atoms with Crippen LogP contribution in [0.25, 0.3) is 11.3 Å². The summed E-state index contributed by atoms with van der Waals surface area (Å²) in [4.78, 5) is 36.5. The van der Waals surface area contributed by atoms with Crippen molar-refractivity contribution in [3.8, 4) is 11.3 Å². The number of hydrogen-bond acceptors (Lipinski definition) is 4. The molecule has 6 nitrogen and oxygen atoms in total. The minimum Gasteiger partial charge on any atom is -0.344 e. The fourth-order valence-corrected chi connectivity index (χ4v) is 2.85. The predicted octanol–water partition coefficient (Wildman–Crippen LogP) is 2.23. The number of aromatic nitrogens is 2. The summed E-state index contributed by atoms with van der Waals surface area (Å²) in [6.45, 7) is 1.19. The molecule has 0 saturated carbocycles. The summed E-state index contributed by atoms with van der Waals surface area (Å²) >= 11 is 0. The molecule has 0 fully saturated rings.